The molecule has 16 heavy (non-hydrogen) atoms. The fourth-order valence-electron chi connectivity index (χ4n) is 1.62. The predicted molar refractivity (Wildman–Crippen MR) is 61.7 cm³/mol. The van der Waals surface area contributed by atoms with Gasteiger partial charge >= 0.3 is 0 Å². The first-order valence-electron chi connectivity index (χ1n) is 5.15. The van der Waals surface area contributed by atoms with Gasteiger partial charge in [0.1, 0.15) is 0 Å². The lowest BCUT2D eigenvalue weighted by Gasteiger charge is -2.05. The SMILES string of the molecule is CC(O)Cc1cccc(-c2cc(N)no2)c1. The highest BCUT2D eigenvalue weighted by atomic mass is 16.5. The van der Waals surface area contributed by atoms with Crippen LogP contribution in [0.3, 0.4) is 0 Å². The van der Waals surface area contributed by atoms with E-state index >= 15 is 0 Å². The number of rotatable bonds is 3. The number of aromatic nitrogens is 1. The van der Waals surface area contributed by atoms with Gasteiger partial charge in [0.05, 0.1) is 6.10 Å². The van der Waals surface area contributed by atoms with E-state index in [0.29, 0.717) is 18.0 Å². The van der Waals surface area contributed by atoms with Gasteiger partial charge in [-0.15, -0.1) is 0 Å². The summed E-state index contributed by atoms with van der Waals surface area (Å²) in [5.74, 6) is 1.01. The normalized spacial score (nSPS) is 12.6. The summed E-state index contributed by atoms with van der Waals surface area (Å²) < 4.78 is 5.07. The van der Waals surface area contributed by atoms with Crippen LogP contribution in [0.1, 0.15) is 12.5 Å². The Hall–Kier alpha value is -1.81. The van der Waals surface area contributed by atoms with Gasteiger partial charge in [-0.3, -0.25) is 0 Å². The van der Waals surface area contributed by atoms with E-state index in [9.17, 15) is 5.11 Å². The molecule has 0 spiro atoms. The number of hydrogen-bond donors (Lipinski definition) is 2. The summed E-state index contributed by atoms with van der Waals surface area (Å²) in [6.07, 6.45) is 0.271. The Kier molecular flexibility index (Phi) is 2.92. The van der Waals surface area contributed by atoms with E-state index in [0.717, 1.165) is 11.1 Å². The van der Waals surface area contributed by atoms with Gasteiger partial charge in [0.25, 0.3) is 0 Å². The summed E-state index contributed by atoms with van der Waals surface area (Å²) >= 11 is 0. The van der Waals surface area contributed by atoms with E-state index in [4.69, 9.17) is 10.3 Å². The predicted octanol–water partition coefficient (Wildman–Crippen LogP) is 1.85. The van der Waals surface area contributed by atoms with Gasteiger partial charge in [0, 0.05) is 11.6 Å². The van der Waals surface area contributed by atoms with E-state index in [1.807, 2.05) is 24.3 Å². The van der Waals surface area contributed by atoms with Crippen LogP contribution in [-0.4, -0.2) is 16.4 Å². The van der Waals surface area contributed by atoms with E-state index < -0.39 is 0 Å². The molecule has 1 aromatic carbocycles. The minimum absolute atomic E-state index is 0.352. The molecule has 0 saturated heterocycles. The summed E-state index contributed by atoms with van der Waals surface area (Å²) in [6, 6.07) is 9.46. The molecule has 3 N–H and O–H groups in total. The van der Waals surface area contributed by atoms with Crippen molar-refractivity contribution < 1.29 is 9.63 Å². The molecule has 1 aromatic heterocycles. The average Bonchev–Trinajstić information content (AvgIpc) is 2.64. The molecule has 4 nitrogen and oxygen atoms in total. The molecule has 0 aliphatic rings. The van der Waals surface area contributed by atoms with Crippen LogP contribution < -0.4 is 5.73 Å². The van der Waals surface area contributed by atoms with Gasteiger partial charge in [-0.1, -0.05) is 23.4 Å². The lowest BCUT2D eigenvalue weighted by Crippen LogP contribution is -2.03. The molecule has 2 rings (SSSR count). The maximum absolute atomic E-state index is 9.32. The molecule has 0 saturated carbocycles. The van der Waals surface area contributed by atoms with Crippen LogP contribution in [0.25, 0.3) is 11.3 Å². The van der Waals surface area contributed by atoms with Crippen LogP contribution in [0.2, 0.25) is 0 Å². The van der Waals surface area contributed by atoms with Crippen molar-refractivity contribution in [3.8, 4) is 11.3 Å². The highest BCUT2D eigenvalue weighted by molar-refractivity contribution is 5.60. The van der Waals surface area contributed by atoms with Gasteiger partial charge in [-0.05, 0) is 25.0 Å². The standard InChI is InChI=1S/C12H14N2O2/c1-8(15)5-9-3-2-4-10(6-9)11-7-12(13)14-16-11/h2-4,6-8,15H,5H2,1H3,(H2,13,14). The van der Waals surface area contributed by atoms with Crippen molar-refractivity contribution >= 4 is 5.82 Å². The minimum Gasteiger partial charge on any atom is -0.393 e. The Morgan fingerprint density at radius 3 is 2.88 bits per heavy atom. The van der Waals surface area contributed by atoms with Crippen molar-refractivity contribution in [3.05, 3.63) is 35.9 Å². The van der Waals surface area contributed by atoms with E-state index in [1.165, 1.54) is 0 Å². The molecular weight excluding hydrogens is 204 g/mol. The van der Waals surface area contributed by atoms with Gasteiger partial charge < -0.3 is 15.4 Å². The van der Waals surface area contributed by atoms with Gasteiger partial charge in [0.2, 0.25) is 0 Å². The molecular formula is C12H14N2O2. The van der Waals surface area contributed by atoms with Crippen LogP contribution in [-0.2, 0) is 6.42 Å². The van der Waals surface area contributed by atoms with E-state index in [1.54, 1.807) is 13.0 Å². The van der Waals surface area contributed by atoms with Crippen molar-refractivity contribution in [3.63, 3.8) is 0 Å². The lowest BCUT2D eigenvalue weighted by molar-refractivity contribution is 0.195. The van der Waals surface area contributed by atoms with Crippen LogP contribution >= 0.6 is 0 Å². The number of nitrogen functional groups attached to an aromatic ring is 1. The Morgan fingerprint density at radius 1 is 1.44 bits per heavy atom. The molecule has 84 valence electrons. The minimum atomic E-state index is -0.352. The highest BCUT2D eigenvalue weighted by Crippen LogP contribution is 2.22. The second kappa shape index (κ2) is 4.37. The zero-order valence-corrected chi connectivity index (χ0v) is 9.05. The second-order valence-electron chi connectivity index (χ2n) is 3.87. The molecule has 4 heteroatoms. The van der Waals surface area contributed by atoms with Crippen molar-refractivity contribution in [2.24, 2.45) is 0 Å². The highest BCUT2D eigenvalue weighted by Gasteiger charge is 2.06. The molecule has 0 radical (unpaired) electrons. The van der Waals surface area contributed by atoms with Crippen LogP contribution in [0.4, 0.5) is 5.82 Å². The lowest BCUT2D eigenvalue weighted by atomic mass is 10.0. The number of aliphatic hydroxyl groups excluding tert-OH is 1. The smallest absolute Gasteiger partial charge is 0.169 e. The topological polar surface area (TPSA) is 72.3 Å². The first-order valence-corrected chi connectivity index (χ1v) is 5.15. The van der Waals surface area contributed by atoms with Gasteiger partial charge in [-0.25, -0.2) is 0 Å². The van der Waals surface area contributed by atoms with Crippen molar-refractivity contribution in [2.45, 2.75) is 19.4 Å². The first-order chi connectivity index (χ1) is 7.65. The van der Waals surface area contributed by atoms with Gasteiger partial charge in [0.15, 0.2) is 11.6 Å². The quantitative estimate of drug-likeness (QED) is 0.824. The molecule has 0 aliphatic carbocycles. The number of hydrogen-bond acceptors (Lipinski definition) is 4. The fourth-order valence-corrected chi connectivity index (χ4v) is 1.62. The molecule has 0 aliphatic heterocycles. The Balaban J connectivity index is 2.28. The maximum atomic E-state index is 9.32. The van der Waals surface area contributed by atoms with Crippen LogP contribution in [0.15, 0.2) is 34.9 Å². The third-order valence-electron chi connectivity index (χ3n) is 2.27. The van der Waals surface area contributed by atoms with Crippen molar-refractivity contribution in [1.29, 1.82) is 0 Å². The average molecular weight is 218 g/mol. The summed E-state index contributed by atoms with van der Waals surface area (Å²) in [5, 5.41) is 13.0. The van der Waals surface area contributed by atoms with Crippen molar-refractivity contribution in [1.82, 2.24) is 5.16 Å². The zero-order chi connectivity index (χ0) is 11.5. The van der Waals surface area contributed by atoms with Crippen LogP contribution in [0, 0.1) is 0 Å². The Bertz CT molecular complexity index is 477. The van der Waals surface area contributed by atoms with Crippen molar-refractivity contribution in [2.75, 3.05) is 5.73 Å². The third-order valence-corrected chi connectivity index (χ3v) is 2.27. The summed E-state index contributed by atoms with van der Waals surface area (Å²) in [5.41, 5.74) is 7.47. The largest absolute Gasteiger partial charge is 0.393 e. The number of anilines is 1. The zero-order valence-electron chi connectivity index (χ0n) is 9.05. The Morgan fingerprint density at radius 2 is 2.25 bits per heavy atom. The molecule has 0 fully saturated rings. The van der Waals surface area contributed by atoms with E-state index in [-0.39, 0.29) is 6.10 Å². The monoisotopic (exact) mass is 218 g/mol. The summed E-state index contributed by atoms with van der Waals surface area (Å²) in [7, 11) is 0. The number of aliphatic hydroxyl groups is 1. The molecule has 1 unspecified atom stereocenters. The first kappa shape index (κ1) is 10.7. The summed E-state index contributed by atoms with van der Waals surface area (Å²) in [4.78, 5) is 0. The molecule has 2 aromatic rings. The fraction of sp³-hybridized carbons (Fsp3) is 0.250. The number of nitrogens with two attached hydrogens (primary N) is 1. The number of nitrogens with zero attached hydrogens (tertiary/aromatic N) is 1. The molecule has 1 heterocycles. The molecule has 1 atom stereocenters. The van der Waals surface area contributed by atoms with Crippen LogP contribution in [0.5, 0.6) is 0 Å². The third kappa shape index (κ3) is 2.41. The molecule has 0 amide bonds. The van der Waals surface area contributed by atoms with E-state index in [2.05, 4.69) is 5.16 Å². The summed E-state index contributed by atoms with van der Waals surface area (Å²) in [6.45, 7) is 1.76. The second-order valence-corrected chi connectivity index (χ2v) is 3.87. The number of benzene rings is 1. The van der Waals surface area contributed by atoms with Gasteiger partial charge in [-0.2, -0.15) is 0 Å². The maximum Gasteiger partial charge on any atom is 0.169 e. The molecule has 0 bridgehead atoms. The Labute approximate surface area is 93.7 Å².